The number of rotatable bonds is 2. The number of carbonyl (C=O) groups excluding carboxylic acids is 2. The molecule has 0 bridgehead atoms. The fourth-order valence-corrected chi connectivity index (χ4v) is 3.65. The summed E-state index contributed by atoms with van der Waals surface area (Å²) in [4.78, 5) is 26.6. The van der Waals surface area contributed by atoms with Crippen LogP contribution in [0.15, 0.2) is 24.3 Å². The van der Waals surface area contributed by atoms with Gasteiger partial charge in [0, 0.05) is 5.41 Å². The zero-order valence-corrected chi connectivity index (χ0v) is 14.3. The van der Waals surface area contributed by atoms with E-state index in [1.54, 1.807) is 11.8 Å². The van der Waals surface area contributed by atoms with E-state index in [2.05, 4.69) is 0 Å². The van der Waals surface area contributed by atoms with E-state index >= 15 is 0 Å². The summed E-state index contributed by atoms with van der Waals surface area (Å²) in [6.45, 7) is 9.65. The largest absolute Gasteiger partial charge is 0.466 e. The van der Waals surface area contributed by atoms with Gasteiger partial charge in [0.2, 0.25) is 0 Å². The molecule has 1 heterocycles. The predicted molar refractivity (Wildman–Crippen MR) is 86.4 cm³/mol. The van der Waals surface area contributed by atoms with Crippen molar-refractivity contribution < 1.29 is 19.1 Å². The molecule has 124 valence electrons. The maximum absolute atomic E-state index is 12.7. The fraction of sp³-hybridized carbons (Fsp3) is 0.556. The molecule has 2 aliphatic rings. The molecule has 5 heteroatoms. The minimum Gasteiger partial charge on any atom is -0.466 e. The summed E-state index contributed by atoms with van der Waals surface area (Å²) in [5.74, 6) is -0.576. The van der Waals surface area contributed by atoms with E-state index in [9.17, 15) is 9.59 Å². The van der Waals surface area contributed by atoms with E-state index in [1.807, 2.05) is 52.0 Å². The van der Waals surface area contributed by atoms with E-state index < -0.39 is 11.7 Å². The molecule has 1 fully saturated rings. The van der Waals surface area contributed by atoms with Gasteiger partial charge in [-0.2, -0.15) is 0 Å². The number of esters is 1. The Morgan fingerprint density at radius 3 is 2.52 bits per heavy atom. The second-order valence-corrected chi connectivity index (χ2v) is 7.32. The molecule has 1 amide bonds. The van der Waals surface area contributed by atoms with Gasteiger partial charge in [0.05, 0.1) is 24.3 Å². The minimum absolute atomic E-state index is 0.228. The van der Waals surface area contributed by atoms with E-state index in [0.717, 1.165) is 11.3 Å². The van der Waals surface area contributed by atoms with Crippen molar-refractivity contribution in [1.82, 2.24) is 0 Å². The van der Waals surface area contributed by atoms with Crippen LogP contribution in [0.5, 0.6) is 0 Å². The normalized spacial score (nSPS) is 28.0. The van der Waals surface area contributed by atoms with Crippen LogP contribution in [0.3, 0.4) is 0 Å². The Labute approximate surface area is 136 Å². The molecule has 0 N–H and O–H groups in total. The molecule has 5 nitrogen and oxygen atoms in total. The van der Waals surface area contributed by atoms with Crippen molar-refractivity contribution in [3.05, 3.63) is 29.8 Å². The molecular weight excluding hydrogens is 294 g/mol. The van der Waals surface area contributed by atoms with Crippen LogP contribution in [0.1, 0.15) is 40.2 Å². The quantitative estimate of drug-likeness (QED) is 0.786. The molecular formula is C18H23NO4. The van der Waals surface area contributed by atoms with Gasteiger partial charge in [-0.05, 0) is 39.3 Å². The lowest BCUT2D eigenvalue weighted by atomic mass is 9.95. The van der Waals surface area contributed by atoms with Crippen LogP contribution in [0.2, 0.25) is 0 Å². The molecule has 0 radical (unpaired) electrons. The molecule has 1 aliphatic heterocycles. The number of ether oxygens (including phenoxy) is 2. The highest BCUT2D eigenvalue weighted by Gasteiger charge is 2.75. The number of nitrogens with zero attached hydrogens (tertiary/aromatic N) is 1. The molecule has 1 aliphatic carbocycles. The molecule has 1 saturated carbocycles. The average Bonchev–Trinajstić information content (AvgIpc) is 2.96. The van der Waals surface area contributed by atoms with Crippen molar-refractivity contribution in [3.63, 3.8) is 0 Å². The van der Waals surface area contributed by atoms with Crippen molar-refractivity contribution in [1.29, 1.82) is 0 Å². The highest BCUT2D eigenvalue weighted by Crippen LogP contribution is 2.65. The van der Waals surface area contributed by atoms with Gasteiger partial charge in [-0.1, -0.05) is 25.1 Å². The third kappa shape index (κ3) is 2.30. The van der Waals surface area contributed by atoms with Crippen LogP contribution >= 0.6 is 0 Å². The third-order valence-corrected chi connectivity index (χ3v) is 4.62. The number of anilines is 1. The van der Waals surface area contributed by atoms with Crippen LogP contribution in [0.4, 0.5) is 10.5 Å². The van der Waals surface area contributed by atoms with Crippen molar-refractivity contribution in [3.8, 4) is 0 Å². The lowest BCUT2D eigenvalue weighted by molar-refractivity contribution is -0.145. The molecule has 0 aromatic heterocycles. The summed E-state index contributed by atoms with van der Waals surface area (Å²) in [6, 6.07) is 7.48. The number of amides is 1. The first-order valence-electron chi connectivity index (χ1n) is 8.00. The molecule has 1 aromatic rings. The fourth-order valence-electron chi connectivity index (χ4n) is 3.65. The molecule has 3 atom stereocenters. The highest BCUT2D eigenvalue weighted by molar-refractivity contribution is 5.99. The molecule has 0 saturated heterocycles. The topological polar surface area (TPSA) is 55.8 Å². The predicted octanol–water partition coefficient (Wildman–Crippen LogP) is 3.26. The van der Waals surface area contributed by atoms with Crippen molar-refractivity contribution >= 4 is 17.7 Å². The lowest BCUT2D eigenvalue weighted by Gasteiger charge is -2.27. The Morgan fingerprint density at radius 1 is 1.26 bits per heavy atom. The minimum atomic E-state index is -0.584. The van der Waals surface area contributed by atoms with Crippen molar-refractivity contribution in [2.75, 3.05) is 11.5 Å². The van der Waals surface area contributed by atoms with Crippen LogP contribution in [-0.4, -0.2) is 30.3 Å². The monoisotopic (exact) mass is 317 g/mol. The van der Waals surface area contributed by atoms with Crippen LogP contribution in [0, 0.1) is 5.92 Å². The van der Waals surface area contributed by atoms with Crippen molar-refractivity contribution in [2.24, 2.45) is 5.92 Å². The first-order chi connectivity index (χ1) is 10.7. The van der Waals surface area contributed by atoms with Crippen LogP contribution in [0.25, 0.3) is 0 Å². The van der Waals surface area contributed by atoms with Gasteiger partial charge in [-0.25, -0.2) is 4.79 Å². The van der Waals surface area contributed by atoms with E-state index in [0.29, 0.717) is 6.61 Å². The van der Waals surface area contributed by atoms with Gasteiger partial charge >= 0.3 is 12.1 Å². The van der Waals surface area contributed by atoms with E-state index in [1.165, 1.54) is 0 Å². The second kappa shape index (κ2) is 4.98. The van der Waals surface area contributed by atoms with Crippen LogP contribution < -0.4 is 4.90 Å². The number of hydrogen-bond donors (Lipinski definition) is 0. The molecule has 0 unspecified atom stereocenters. The zero-order valence-electron chi connectivity index (χ0n) is 14.3. The van der Waals surface area contributed by atoms with Gasteiger partial charge in [-0.15, -0.1) is 0 Å². The Morgan fingerprint density at radius 2 is 1.91 bits per heavy atom. The Bertz CT molecular complexity index is 663. The van der Waals surface area contributed by atoms with Crippen LogP contribution in [-0.2, 0) is 19.7 Å². The Balaban J connectivity index is 1.97. The van der Waals surface area contributed by atoms with Crippen molar-refractivity contribution in [2.45, 2.75) is 51.7 Å². The highest BCUT2D eigenvalue weighted by atomic mass is 16.6. The number of fused-ring (bicyclic) bond motifs is 3. The zero-order chi connectivity index (χ0) is 17.0. The third-order valence-electron chi connectivity index (χ3n) is 4.62. The Hall–Kier alpha value is -2.04. The molecule has 23 heavy (non-hydrogen) atoms. The molecule has 3 rings (SSSR count). The maximum atomic E-state index is 12.7. The van der Waals surface area contributed by atoms with Gasteiger partial charge in [-0.3, -0.25) is 9.69 Å². The Kier molecular flexibility index (Phi) is 3.43. The number of carbonyl (C=O) groups is 2. The smallest absolute Gasteiger partial charge is 0.415 e. The number of para-hydroxylation sites is 1. The standard InChI is InChI=1S/C18H23NO4/c1-6-22-15(20)13-14-18(13,5)11-9-7-8-10-12(11)19(14)16(21)23-17(2,3)4/h7-10,13-14H,6H2,1-5H3/t13-,14+,18-/m0/s1. The number of hydrogen-bond acceptors (Lipinski definition) is 4. The summed E-state index contributed by atoms with van der Waals surface area (Å²) in [5, 5.41) is 0. The lowest BCUT2D eigenvalue weighted by Crippen LogP contribution is -2.39. The second-order valence-electron chi connectivity index (χ2n) is 7.32. The van der Waals surface area contributed by atoms with E-state index in [4.69, 9.17) is 9.47 Å². The van der Waals surface area contributed by atoms with Gasteiger partial charge in [0.25, 0.3) is 0 Å². The first kappa shape index (κ1) is 15.8. The summed E-state index contributed by atoms with van der Waals surface area (Å²) in [5.41, 5.74) is 0.864. The maximum Gasteiger partial charge on any atom is 0.415 e. The molecule has 0 spiro atoms. The van der Waals surface area contributed by atoms with Gasteiger partial charge < -0.3 is 9.47 Å². The summed E-state index contributed by atoms with van der Waals surface area (Å²) in [7, 11) is 0. The molecule has 1 aromatic carbocycles. The average molecular weight is 317 g/mol. The number of benzene rings is 1. The van der Waals surface area contributed by atoms with Gasteiger partial charge in [0.1, 0.15) is 5.60 Å². The SMILES string of the molecule is CCOC(=O)[C@@H]1[C@H]2N(C(=O)OC(C)(C)C)c3ccccc3[C@@]12C. The van der Waals surface area contributed by atoms with Gasteiger partial charge in [0.15, 0.2) is 0 Å². The summed E-state index contributed by atoms with van der Waals surface area (Å²) in [6.07, 6.45) is -0.412. The van der Waals surface area contributed by atoms with E-state index in [-0.39, 0.29) is 23.3 Å². The summed E-state index contributed by atoms with van der Waals surface area (Å²) < 4.78 is 10.7. The summed E-state index contributed by atoms with van der Waals surface area (Å²) >= 11 is 0. The first-order valence-corrected chi connectivity index (χ1v) is 8.00.